The summed E-state index contributed by atoms with van der Waals surface area (Å²) in [7, 11) is 1.73. The third kappa shape index (κ3) is 3.35. The maximum atomic E-state index is 13.3. The van der Waals surface area contributed by atoms with Crippen LogP contribution in [0.4, 0.5) is 11.5 Å². The number of fused-ring (bicyclic) bond motifs is 2. The van der Waals surface area contributed by atoms with Crippen LogP contribution in [0.3, 0.4) is 0 Å². The van der Waals surface area contributed by atoms with E-state index in [-0.39, 0.29) is 6.04 Å². The summed E-state index contributed by atoms with van der Waals surface area (Å²) in [5.74, 6) is -1.10. The van der Waals surface area contributed by atoms with E-state index in [1.54, 1.807) is 39.7 Å². The van der Waals surface area contributed by atoms with Crippen LogP contribution in [0.15, 0.2) is 36.1 Å². The van der Waals surface area contributed by atoms with Gasteiger partial charge in [0, 0.05) is 12.4 Å². The summed E-state index contributed by atoms with van der Waals surface area (Å²) in [4.78, 5) is 36.4. The average molecular weight is 452 g/mol. The van der Waals surface area contributed by atoms with Gasteiger partial charge in [0.1, 0.15) is 11.3 Å². The zero-order valence-corrected chi connectivity index (χ0v) is 18.3. The maximum absolute atomic E-state index is 13.3. The number of carbonyl (C=O) groups is 2. The normalized spacial score (nSPS) is 18.9. The van der Waals surface area contributed by atoms with Crippen molar-refractivity contribution in [3.8, 4) is 0 Å². The SMILES string of the molecule is C[C@@H]1COC[C@H](c2ccc3scnc3c2)N1C(=O)C(=O)Nc1cnc(N)c2c1cnn2C. The van der Waals surface area contributed by atoms with Crippen LogP contribution in [0.1, 0.15) is 18.5 Å². The Bertz CT molecular complexity index is 1350. The number of aromatic nitrogens is 4. The first kappa shape index (κ1) is 20.3. The van der Waals surface area contributed by atoms with Gasteiger partial charge in [0.25, 0.3) is 0 Å². The summed E-state index contributed by atoms with van der Waals surface area (Å²) >= 11 is 1.55. The monoisotopic (exact) mass is 451 g/mol. The Hall–Kier alpha value is -3.57. The summed E-state index contributed by atoms with van der Waals surface area (Å²) in [6.45, 7) is 2.52. The summed E-state index contributed by atoms with van der Waals surface area (Å²) in [5, 5.41) is 7.47. The Morgan fingerprint density at radius 1 is 1.25 bits per heavy atom. The molecule has 0 unspecified atom stereocenters. The van der Waals surface area contributed by atoms with Crippen molar-refractivity contribution in [2.75, 3.05) is 24.3 Å². The number of nitrogen functional groups attached to an aromatic ring is 1. The minimum atomic E-state index is -0.754. The minimum absolute atomic E-state index is 0.277. The predicted octanol–water partition coefficient (Wildman–Crippen LogP) is 2.09. The molecule has 0 bridgehead atoms. The van der Waals surface area contributed by atoms with E-state index in [2.05, 4.69) is 20.4 Å². The van der Waals surface area contributed by atoms with Crippen LogP contribution in [0.25, 0.3) is 21.1 Å². The van der Waals surface area contributed by atoms with Crippen LogP contribution in [0, 0.1) is 0 Å². The second-order valence-corrected chi connectivity index (χ2v) is 8.62. The molecular weight excluding hydrogens is 430 g/mol. The zero-order valence-electron chi connectivity index (χ0n) is 17.5. The lowest BCUT2D eigenvalue weighted by molar-refractivity contribution is -0.153. The molecule has 2 amide bonds. The maximum Gasteiger partial charge on any atom is 0.313 e. The quantitative estimate of drug-likeness (QED) is 0.447. The average Bonchev–Trinajstić information content (AvgIpc) is 3.41. The molecule has 5 rings (SSSR count). The molecule has 2 atom stereocenters. The fourth-order valence-electron chi connectivity index (χ4n) is 4.09. The van der Waals surface area contributed by atoms with Crippen molar-refractivity contribution in [1.29, 1.82) is 0 Å². The van der Waals surface area contributed by atoms with Gasteiger partial charge in [-0.3, -0.25) is 14.3 Å². The number of morpholine rings is 1. The van der Waals surface area contributed by atoms with Crippen LogP contribution >= 0.6 is 11.3 Å². The van der Waals surface area contributed by atoms with Crippen molar-refractivity contribution in [3.63, 3.8) is 0 Å². The van der Waals surface area contributed by atoms with Gasteiger partial charge in [0.2, 0.25) is 0 Å². The Morgan fingerprint density at radius 3 is 2.94 bits per heavy atom. The van der Waals surface area contributed by atoms with E-state index in [0.29, 0.717) is 35.6 Å². The lowest BCUT2D eigenvalue weighted by atomic mass is 10.0. The van der Waals surface area contributed by atoms with Gasteiger partial charge in [-0.25, -0.2) is 9.97 Å². The fourth-order valence-corrected chi connectivity index (χ4v) is 4.75. The van der Waals surface area contributed by atoms with Gasteiger partial charge >= 0.3 is 11.8 Å². The van der Waals surface area contributed by atoms with Crippen LogP contribution in [0.5, 0.6) is 0 Å². The Labute approximate surface area is 187 Å². The van der Waals surface area contributed by atoms with E-state index in [0.717, 1.165) is 15.8 Å². The van der Waals surface area contributed by atoms with Crippen LogP contribution < -0.4 is 11.1 Å². The first-order valence-corrected chi connectivity index (χ1v) is 10.9. The smallest absolute Gasteiger partial charge is 0.313 e. The van der Waals surface area contributed by atoms with Gasteiger partial charge in [-0.2, -0.15) is 5.10 Å². The van der Waals surface area contributed by atoms with Gasteiger partial charge in [-0.1, -0.05) is 6.07 Å². The molecule has 3 aromatic heterocycles. The third-order valence-corrected chi connectivity index (χ3v) is 6.48. The molecule has 4 aromatic rings. The molecule has 1 aromatic carbocycles. The highest BCUT2D eigenvalue weighted by Gasteiger charge is 2.37. The van der Waals surface area contributed by atoms with Gasteiger partial charge in [0.05, 0.1) is 59.1 Å². The summed E-state index contributed by atoms with van der Waals surface area (Å²) in [6, 6.07) is 5.20. The molecule has 0 aliphatic carbocycles. The lowest BCUT2D eigenvalue weighted by Gasteiger charge is -2.40. The summed E-state index contributed by atoms with van der Waals surface area (Å²) < 4.78 is 8.35. The fraction of sp³-hybridized carbons (Fsp3) is 0.286. The lowest BCUT2D eigenvalue weighted by Crippen LogP contribution is -2.52. The third-order valence-electron chi connectivity index (χ3n) is 5.67. The van der Waals surface area contributed by atoms with Crippen molar-refractivity contribution in [1.82, 2.24) is 24.6 Å². The van der Waals surface area contributed by atoms with Gasteiger partial charge in [-0.15, -0.1) is 11.3 Å². The van der Waals surface area contributed by atoms with Crippen molar-refractivity contribution >= 4 is 55.8 Å². The van der Waals surface area contributed by atoms with Crippen molar-refractivity contribution in [2.45, 2.75) is 19.0 Å². The van der Waals surface area contributed by atoms with Crippen molar-refractivity contribution in [2.24, 2.45) is 7.05 Å². The second-order valence-electron chi connectivity index (χ2n) is 7.74. The van der Waals surface area contributed by atoms with E-state index < -0.39 is 17.9 Å². The van der Waals surface area contributed by atoms with Gasteiger partial charge in [0.15, 0.2) is 0 Å². The molecule has 1 aliphatic heterocycles. The molecule has 11 heteroatoms. The van der Waals surface area contributed by atoms with Gasteiger partial charge < -0.3 is 20.7 Å². The largest absolute Gasteiger partial charge is 0.382 e. The van der Waals surface area contributed by atoms with Crippen molar-refractivity contribution < 1.29 is 14.3 Å². The highest BCUT2D eigenvalue weighted by atomic mass is 32.1. The molecule has 1 saturated heterocycles. The molecule has 10 nitrogen and oxygen atoms in total. The number of pyridine rings is 1. The number of hydrogen-bond acceptors (Lipinski definition) is 8. The molecule has 164 valence electrons. The molecule has 1 fully saturated rings. The number of carbonyl (C=O) groups excluding carboxylic acids is 2. The zero-order chi connectivity index (χ0) is 22.4. The molecule has 0 saturated carbocycles. The molecular formula is C21H21N7O3S. The number of amides is 2. The highest BCUT2D eigenvalue weighted by Crippen LogP contribution is 2.31. The highest BCUT2D eigenvalue weighted by molar-refractivity contribution is 7.16. The van der Waals surface area contributed by atoms with Gasteiger partial charge in [-0.05, 0) is 24.6 Å². The first-order valence-electron chi connectivity index (χ1n) is 10.0. The number of benzene rings is 1. The van der Waals surface area contributed by atoms with E-state index >= 15 is 0 Å². The van der Waals surface area contributed by atoms with E-state index in [9.17, 15) is 9.59 Å². The van der Waals surface area contributed by atoms with Crippen LogP contribution in [-0.4, -0.2) is 55.7 Å². The summed E-state index contributed by atoms with van der Waals surface area (Å²) in [5.41, 5.74) is 10.4. The molecule has 1 aliphatic rings. The number of hydrogen-bond donors (Lipinski definition) is 2. The van der Waals surface area contributed by atoms with E-state index in [1.165, 1.54) is 6.20 Å². The minimum Gasteiger partial charge on any atom is -0.382 e. The molecule has 0 spiro atoms. The standard InChI is InChI=1S/C21H21N7O3S/c1-11-8-31-9-16(12-3-4-17-14(5-12)24-10-32-17)28(11)21(30)20(29)26-15-7-23-19(22)18-13(15)6-25-27(18)2/h3-7,10-11,16H,8-9H2,1-2H3,(H2,22,23)(H,26,29)/t11-,16-/m1/s1. The van der Waals surface area contributed by atoms with Crippen molar-refractivity contribution in [3.05, 3.63) is 41.7 Å². The number of nitrogens with two attached hydrogens (primary N) is 1. The predicted molar refractivity (Wildman–Crippen MR) is 121 cm³/mol. The number of nitrogens with zero attached hydrogens (tertiary/aromatic N) is 5. The number of ether oxygens (including phenoxy) is 1. The van der Waals surface area contributed by atoms with Crippen LogP contribution in [0.2, 0.25) is 0 Å². The van der Waals surface area contributed by atoms with E-state index in [4.69, 9.17) is 10.5 Å². The Balaban J connectivity index is 1.44. The molecule has 32 heavy (non-hydrogen) atoms. The first-order chi connectivity index (χ1) is 15.4. The Morgan fingerprint density at radius 2 is 2.09 bits per heavy atom. The second kappa shape index (κ2) is 7.84. The molecule has 0 radical (unpaired) electrons. The summed E-state index contributed by atoms with van der Waals surface area (Å²) in [6.07, 6.45) is 3.01. The molecule has 3 N–H and O–H groups in total. The topological polar surface area (TPSA) is 128 Å². The Kier molecular flexibility index (Phi) is 4.98. The molecule has 4 heterocycles. The number of rotatable bonds is 2. The number of nitrogens with one attached hydrogen (secondary N) is 1. The van der Waals surface area contributed by atoms with Crippen LogP contribution in [-0.2, 0) is 21.4 Å². The number of thiazole rings is 1. The van der Waals surface area contributed by atoms with E-state index in [1.807, 2.05) is 25.1 Å². The number of anilines is 2. The number of aryl methyl sites for hydroxylation is 1.